The number of rotatable bonds is 4. The third-order valence-electron chi connectivity index (χ3n) is 3.93. The zero-order chi connectivity index (χ0) is 15.7. The molecule has 0 aliphatic carbocycles. The van der Waals surface area contributed by atoms with Crippen LogP contribution >= 0.6 is 0 Å². The molecule has 1 aromatic rings. The maximum atomic E-state index is 9.14. The highest BCUT2D eigenvalue weighted by atomic mass is 16.7. The number of methoxy groups -OCH3 is 1. The van der Waals surface area contributed by atoms with Gasteiger partial charge >= 0.3 is 7.12 Å². The molecule has 0 atom stereocenters. The van der Waals surface area contributed by atoms with Gasteiger partial charge in [0.15, 0.2) is 6.79 Å². The van der Waals surface area contributed by atoms with Gasteiger partial charge in [-0.25, -0.2) is 0 Å². The van der Waals surface area contributed by atoms with Gasteiger partial charge in [-0.1, -0.05) is 0 Å². The Balaban J connectivity index is 2.30. The van der Waals surface area contributed by atoms with Crippen LogP contribution in [0.3, 0.4) is 0 Å². The molecule has 0 amide bonds. The van der Waals surface area contributed by atoms with Gasteiger partial charge in [-0.05, 0) is 51.4 Å². The molecule has 0 radical (unpaired) electrons. The molecule has 0 spiro atoms. The van der Waals surface area contributed by atoms with E-state index in [0.29, 0.717) is 11.3 Å². The van der Waals surface area contributed by atoms with Crippen molar-refractivity contribution in [3.63, 3.8) is 0 Å². The van der Waals surface area contributed by atoms with Crippen molar-refractivity contribution in [3.05, 3.63) is 23.8 Å². The van der Waals surface area contributed by atoms with Crippen molar-refractivity contribution in [1.29, 1.82) is 5.26 Å². The van der Waals surface area contributed by atoms with Crippen LogP contribution in [-0.2, 0) is 14.0 Å². The number of hydrogen-bond acceptors (Lipinski definition) is 5. The van der Waals surface area contributed by atoms with Crippen LogP contribution < -0.4 is 10.2 Å². The Bertz CT molecular complexity index is 549. The lowest BCUT2D eigenvalue weighted by molar-refractivity contribution is 0.00578. The van der Waals surface area contributed by atoms with Crippen molar-refractivity contribution >= 4 is 12.6 Å². The second kappa shape index (κ2) is 5.68. The number of nitriles is 1. The molecule has 1 aromatic carbocycles. The summed E-state index contributed by atoms with van der Waals surface area (Å²) >= 11 is 0. The summed E-state index contributed by atoms with van der Waals surface area (Å²) in [7, 11) is 1.02. The summed E-state index contributed by atoms with van der Waals surface area (Å²) < 4.78 is 22.3. The molecule has 0 unspecified atom stereocenters. The molecule has 112 valence electrons. The summed E-state index contributed by atoms with van der Waals surface area (Å²) in [4.78, 5) is 0. The first-order valence-corrected chi connectivity index (χ1v) is 6.81. The first-order valence-electron chi connectivity index (χ1n) is 6.81. The van der Waals surface area contributed by atoms with Crippen LogP contribution in [0.25, 0.3) is 0 Å². The van der Waals surface area contributed by atoms with E-state index in [-0.39, 0.29) is 6.79 Å². The van der Waals surface area contributed by atoms with E-state index in [9.17, 15) is 0 Å². The van der Waals surface area contributed by atoms with Gasteiger partial charge in [0, 0.05) is 7.11 Å². The smallest absolute Gasteiger partial charge is 0.468 e. The fourth-order valence-corrected chi connectivity index (χ4v) is 2.01. The highest BCUT2D eigenvalue weighted by molar-refractivity contribution is 6.62. The molecule has 0 bridgehead atoms. The van der Waals surface area contributed by atoms with Gasteiger partial charge in [0.25, 0.3) is 0 Å². The summed E-state index contributed by atoms with van der Waals surface area (Å²) in [6.07, 6.45) is 0. The first-order chi connectivity index (χ1) is 9.79. The average Bonchev–Trinajstić information content (AvgIpc) is 2.65. The zero-order valence-corrected chi connectivity index (χ0v) is 13.1. The van der Waals surface area contributed by atoms with E-state index in [1.54, 1.807) is 19.2 Å². The minimum absolute atomic E-state index is 0.123. The Morgan fingerprint density at radius 3 is 2.29 bits per heavy atom. The molecule has 1 aliphatic heterocycles. The number of ether oxygens (including phenoxy) is 2. The number of benzene rings is 1. The second-order valence-corrected chi connectivity index (χ2v) is 6.04. The fraction of sp³-hybridized carbons (Fsp3) is 0.533. The second-order valence-electron chi connectivity index (χ2n) is 6.04. The quantitative estimate of drug-likeness (QED) is 0.625. The maximum Gasteiger partial charge on any atom is 0.495 e. The molecule has 1 fully saturated rings. The van der Waals surface area contributed by atoms with Crippen molar-refractivity contribution in [2.24, 2.45) is 0 Å². The summed E-state index contributed by atoms with van der Waals surface area (Å²) in [6.45, 7) is 8.08. The minimum Gasteiger partial charge on any atom is -0.468 e. The Morgan fingerprint density at radius 2 is 1.76 bits per heavy atom. The van der Waals surface area contributed by atoms with Crippen molar-refractivity contribution in [3.8, 4) is 11.8 Å². The van der Waals surface area contributed by atoms with Gasteiger partial charge in [0.1, 0.15) is 5.75 Å². The Labute approximate surface area is 125 Å². The Kier molecular flexibility index (Phi) is 4.29. The maximum absolute atomic E-state index is 9.14. The molecule has 0 N–H and O–H groups in total. The van der Waals surface area contributed by atoms with Gasteiger partial charge in [-0.15, -0.1) is 0 Å². The van der Waals surface area contributed by atoms with Crippen LogP contribution in [0.15, 0.2) is 18.2 Å². The van der Waals surface area contributed by atoms with Gasteiger partial charge in [-0.2, -0.15) is 5.26 Å². The molecule has 5 nitrogen and oxygen atoms in total. The van der Waals surface area contributed by atoms with E-state index in [4.69, 9.17) is 24.0 Å². The lowest BCUT2D eigenvalue weighted by atomic mass is 9.78. The molecule has 1 saturated heterocycles. The Hall–Kier alpha value is -1.55. The largest absolute Gasteiger partial charge is 0.495 e. The summed E-state index contributed by atoms with van der Waals surface area (Å²) in [5.41, 5.74) is 0.411. The van der Waals surface area contributed by atoms with Gasteiger partial charge < -0.3 is 18.8 Å². The first kappa shape index (κ1) is 15.8. The van der Waals surface area contributed by atoms with Crippen LogP contribution in [0.2, 0.25) is 0 Å². The van der Waals surface area contributed by atoms with Crippen molar-refractivity contribution in [1.82, 2.24) is 0 Å². The molecule has 0 aromatic heterocycles. The van der Waals surface area contributed by atoms with E-state index >= 15 is 0 Å². The average molecular weight is 289 g/mol. The number of nitrogens with zero attached hydrogens (tertiary/aromatic N) is 1. The third kappa shape index (κ3) is 3.21. The monoisotopic (exact) mass is 289 g/mol. The summed E-state index contributed by atoms with van der Waals surface area (Å²) in [6, 6.07) is 7.34. The van der Waals surface area contributed by atoms with Gasteiger partial charge in [0.05, 0.1) is 22.8 Å². The summed E-state index contributed by atoms with van der Waals surface area (Å²) in [5.74, 6) is 0.556. The lowest BCUT2D eigenvalue weighted by Crippen LogP contribution is -2.41. The van der Waals surface area contributed by atoms with E-state index in [1.807, 2.05) is 33.8 Å². The van der Waals surface area contributed by atoms with E-state index in [2.05, 4.69) is 6.07 Å². The predicted molar refractivity (Wildman–Crippen MR) is 79.4 cm³/mol. The van der Waals surface area contributed by atoms with Gasteiger partial charge in [-0.3, -0.25) is 0 Å². The van der Waals surface area contributed by atoms with E-state index < -0.39 is 18.3 Å². The lowest BCUT2D eigenvalue weighted by Gasteiger charge is -2.32. The molecule has 6 heteroatoms. The van der Waals surface area contributed by atoms with Gasteiger partial charge in [0.2, 0.25) is 0 Å². The zero-order valence-electron chi connectivity index (χ0n) is 13.1. The summed E-state index contributed by atoms with van der Waals surface area (Å²) in [5, 5.41) is 9.14. The molecular weight excluding hydrogens is 269 g/mol. The molecule has 21 heavy (non-hydrogen) atoms. The SMILES string of the molecule is COCOc1cc(C#N)cc(B2OC(C)(C)C(C)(C)O2)c1. The number of hydrogen-bond donors (Lipinski definition) is 0. The van der Waals surface area contributed by atoms with E-state index in [1.165, 1.54) is 0 Å². The van der Waals surface area contributed by atoms with Crippen molar-refractivity contribution < 1.29 is 18.8 Å². The van der Waals surface area contributed by atoms with Crippen LogP contribution in [0.1, 0.15) is 33.3 Å². The molecule has 1 aliphatic rings. The van der Waals surface area contributed by atoms with Crippen molar-refractivity contribution in [2.45, 2.75) is 38.9 Å². The Morgan fingerprint density at radius 1 is 1.14 bits per heavy atom. The molecule has 1 heterocycles. The van der Waals surface area contributed by atoms with E-state index in [0.717, 1.165) is 5.46 Å². The standard InChI is InChI=1S/C15H20BNO4/c1-14(2)15(3,4)21-16(20-14)12-6-11(9-17)7-13(8-12)19-10-18-5/h6-8H,10H2,1-5H3. The normalized spacial score (nSPS) is 19.3. The van der Waals surface area contributed by atoms with Crippen LogP contribution in [-0.4, -0.2) is 32.2 Å². The van der Waals surface area contributed by atoms with Crippen LogP contribution in [0.4, 0.5) is 0 Å². The fourth-order valence-electron chi connectivity index (χ4n) is 2.01. The van der Waals surface area contributed by atoms with Crippen LogP contribution in [0, 0.1) is 11.3 Å². The molecule has 0 saturated carbocycles. The van der Waals surface area contributed by atoms with Crippen molar-refractivity contribution in [2.75, 3.05) is 13.9 Å². The topological polar surface area (TPSA) is 60.7 Å². The minimum atomic E-state index is -0.520. The van der Waals surface area contributed by atoms with Crippen LogP contribution in [0.5, 0.6) is 5.75 Å². The third-order valence-corrected chi connectivity index (χ3v) is 3.93. The highest BCUT2D eigenvalue weighted by Crippen LogP contribution is 2.36. The molecule has 2 rings (SSSR count). The molecular formula is C15H20BNO4. The predicted octanol–water partition coefficient (Wildman–Crippen LogP) is 1.84. The highest BCUT2D eigenvalue weighted by Gasteiger charge is 2.51.